The first-order valence-corrected chi connectivity index (χ1v) is 5.84. The molecule has 0 fully saturated rings. The highest BCUT2D eigenvalue weighted by Crippen LogP contribution is 2.12. The number of aryl methyl sites for hydroxylation is 1. The minimum absolute atomic E-state index is 0.184. The van der Waals surface area contributed by atoms with Gasteiger partial charge in [-0.05, 0) is 31.0 Å². The fourth-order valence-corrected chi connectivity index (χ4v) is 2.12. The van der Waals surface area contributed by atoms with Crippen molar-refractivity contribution >= 4 is 5.97 Å². The lowest BCUT2D eigenvalue weighted by Crippen LogP contribution is -2.26. The predicted octanol–water partition coefficient (Wildman–Crippen LogP) is 1.61. The number of aromatic carboxylic acids is 1. The Balaban J connectivity index is 2.55. The number of hydrogen-bond acceptors (Lipinski definition) is 3. The molecular formula is C14H14N2O3. The Morgan fingerprint density at radius 1 is 1.42 bits per heavy atom. The molecule has 2 heterocycles. The van der Waals surface area contributed by atoms with Gasteiger partial charge in [0.05, 0.1) is 12.1 Å². The minimum Gasteiger partial charge on any atom is -0.478 e. The molecule has 0 unspecified atom stereocenters. The van der Waals surface area contributed by atoms with Crippen LogP contribution in [0.1, 0.15) is 27.2 Å². The highest BCUT2D eigenvalue weighted by molar-refractivity contribution is 5.90. The van der Waals surface area contributed by atoms with Crippen LogP contribution in [-0.2, 0) is 6.54 Å². The van der Waals surface area contributed by atoms with Crippen molar-refractivity contribution < 1.29 is 9.90 Å². The summed E-state index contributed by atoms with van der Waals surface area (Å²) in [6.07, 6.45) is 3.31. The van der Waals surface area contributed by atoms with E-state index in [0.717, 1.165) is 5.56 Å². The summed E-state index contributed by atoms with van der Waals surface area (Å²) in [6.45, 7) is 3.60. The molecule has 0 bridgehead atoms. The van der Waals surface area contributed by atoms with E-state index >= 15 is 0 Å². The highest BCUT2D eigenvalue weighted by atomic mass is 16.4. The molecule has 0 aromatic carbocycles. The summed E-state index contributed by atoms with van der Waals surface area (Å²) in [4.78, 5) is 27.2. The summed E-state index contributed by atoms with van der Waals surface area (Å²) in [6, 6.07) is 4.98. The summed E-state index contributed by atoms with van der Waals surface area (Å²) in [5, 5.41) is 9.20. The molecule has 0 radical (unpaired) electrons. The summed E-state index contributed by atoms with van der Waals surface area (Å²) in [5.74, 6) is -1.02. The van der Waals surface area contributed by atoms with Crippen LogP contribution in [0, 0.1) is 13.8 Å². The quantitative estimate of drug-likeness (QED) is 0.907. The third-order valence-corrected chi connectivity index (χ3v) is 3.04. The van der Waals surface area contributed by atoms with Gasteiger partial charge in [0.25, 0.3) is 5.56 Å². The third kappa shape index (κ3) is 2.54. The molecule has 0 aliphatic rings. The van der Waals surface area contributed by atoms with Gasteiger partial charge in [-0.1, -0.05) is 6.07 Å². The van der Waals surface area contributed by atoms with E-state index in [1.807, 2.05) is 6.07 Å². The van der Waals surface area contributed by atoms with Crippen molar-refractivity contribution in [1.82, 2.24) is 9.55 Å². The molecule has 5 heteroatoms. The molecule has 2 rings (SSSR count). The number of nitrogens with zero attached hydrogens (tertiary/aromatic N) is 2. The summed E-state index contributed by atoms with van der Waals surface area (Å²) >= 11 is 0. The van der Waals surface area contributed by atoms with E-state index in [1.165, 1.54) is 10.6 Å². The summed E-state index contributed by atoms with van der Waals surface area (Å²) < 4.78 is 1.45. The third-order valence-electron chi connectivity index (χ3n) is 3.04. The van der Waals surface area contributed by atoms with Crippen LogP contribution in [0.2, 0.25) is 0 Å². The van der Waals surface area contributed by atoms with E-state index in [9.17, 15) is 14.7 Å². The Morgan fingerprint density at radius 2 is 2.16 bits per heavy atom. The predicted molar refractivity (Wildman–Crippen MR) is 70.5 cm³/mol. The standard InChI is InChI=1S/C14H14N2O3/c1-9-6-12(17)16(10(2)13(9)14(18)19)8-11-4-3-5-15-7-11/h3-7H,8H2,1-2H3,(H,18,19). The molecule has 98 valence electrons. The van der Waals surface area contributed by atoms with Gasteiger partial charge >= 0.3 is 5.97 Å². The first-order valence-electron chi connectivity index (χ1n) is 5.84. The molecular weight excluding hydrogens is 244 g/mol. The van der Waals surface area contributed by atoms with Crippen LogP contribution in [0.4, 0.5) is 0 Å². The molecule has 1 N–H and O–H groups in total. The number of carboxylic acids is 1. The number of aromatic nitrogens is 2. The van der Waals surface area contributed by atoms with Crippen molar-refractivity contribution in [1.29, 1.82) is 0 Å². The monoisotopic (exact) mass is 258 g/mol. The van der Waals surface area contributed by atoms with Crippen molar-refractivity contribution in [3.63, 3.8) is 0 Å². The second-order valence-corrected chi connectivity index (χ2v) is 4.38. The van der Waals surface area contributed by atoms with Crippen LogP contribution in [0.15, 0.2) is 35.4 Å². The fraction of sp³-hybridized carbons (Fsp3) is 0.214. The molecule has 0 amide bonds. The Labute approximate surface area is 110 Å². The van der Waals surface area contributed by atoms with Crippen molar-refractivity contribution in [3.05, 3.63) is 63.3 Å². The second-order valence-electron chi connectivity index (χ2n) is 4.38. The molecule has 0 aliphatic heterocycles. The molecule has 0 saturated carbocycles. The van der Waals surface area contributed by atoms with Gasteiger partial charge in [-0.2, -0.15) is 0 Å². The lowest BCUT2D eigenvalue weighted by Gasteiger charge is -2.13. The second kappa shape index (κ2) is 5.06. The number of carbonyl (C=O) groups is 1. The number of rotatable bonds is 3. The maximum absolute atomic E-state index is 12.0. The lowest BCUT2D eigenvalue weighted by atomic mass is 10.1. The van der Waals surface area contributed by atoms with Crippen LogP contribution in [-0.4, -0.2) is 20.6 Å². The first-order chi connectivity index (χ1) is 9.00. The van der Waals surface area contributed by atoms with Gasteiger partial charge in [-0.3, -0.25) is 9.78 Å². The Kier molecular flexibility index (Phi) is 3.46. The van der Waals surface area contributed by atoms with Crippen LogP contribution in [0.25, 0.3) is 0 Å². The molecule has 19 heavy (non-hydrogen) atoms. The van der Waals surface area contributed by atoms with Gasteiger partial charge in [0.1, 0.15) is 0 Å². The maximum atomic E-state index is 12.0. The van der Waals surface area contributed by atoms with E-state index < -0.39 is 5.97 Å². The molecule has 5 nitrogen and oxygen atoms in total. The zero-order valence-corrected chi connectivity index (χ0v) is 10.8. The smallest absolute Gasteiger partial charge is 0.337 e. The van der Waals surface area contributed by atoms with E-state index in [0.29, 0.717) is 17.8 Å². The lowest BCUT2D eigenvalue weighted by molar-refractivity contribution is 0.0694. The van der Waals surface area contributed by atoms with Gasteiger partial charge in [0.15, 0.2) is 0 Å². The Bertz CT molecular complexity index is 675. The van der Waals surface area contributed by atoms with Gasteiger partial charge in [0.2, 0.25) is 0 Å². The topological polar surface area (TPSA) is 72.2 Å². The summed E-state index contributed by atoms with van der Waals surface area (Å²) in [7, 11) is 0. The normalized spacial score (nSPS) is 10.4. The van der Waals surface area contributed by atoms with Crippen LogP contribution in [0.3, 0.4) is 0 Å². The molecule has 0 aliphatic carbocycles. The molecule has 2 aromatic rings. The zero-order valence-electron chi connectivity index (χ0n) is 10.8. The van der Waals surface area contributed by atoms with Crippen LogP contribution < -0.4 is 5.56 Å². The number of pyridine rings is 2. The van der Waals surface area contributed by atoms with Crippen molar-refractivity contribution in [2.24, 2.45) is 0 Å². The van der Waals surface area contributed by atoms with E-state index in [4.69, 9.17) is 0 Å². The maximum Gasteiger partial charge on any atom is 0.337 e. The van der Waals surface area contributed by atoms with E-state index in [1.54, 1.807) is 32.3 Å². The minimum atomic E-state index is -1.02. The average molecular weight is 258 g/mol. The molecule has 0 atom stereocenters. The van der Waals surface area contributed by atoms with E-state index in [-0.39, 0.29) is 11.1 Å². The number of carboxylic acid groups (broad SMARTS) is 1. The SMILES string of the molecule is Cc1cc(=O)n(Cc2cccnc2)c(C)c1C(=O)O. The Morgan fingerprint density at radius 3 is 2.74 bits per heavy atom. The Hall–Kier alpha value is -2.43. The van der Waals surface area contributed by atoms with Crippen molar-refractivity contribution in [2.45, 2.75) is 20.4 Å². The first kappa shape index (κ1) is 13.0. The van der Waals surface area contributed by atoms with E-state index in [2.05, 4.69) is 4.98 Å². The van der Waals surface area contributed by atoms with Gasteiger partial charge < -0.3 is 9.67 Å². The van der Waals surface area contributed by atoms with Crippen LogP contribution >= 0.6 is 0 Å². The molecule has 0 saturated heterocycles. The van der Waals surface area contributed by atoms with Crippen molar-refractivity contribution in [2.75, 3.05) is 0 Å². The number of hydrogen-bond donors (Lipinski definition) is 1. The van der Waals surface area contributed by atoms with Crippen molar-refractivity contribution in [3.8, 4) is 0 Å². The molecule has 0 spiro atoms. The highest BCUT2D eigenvalue weighted by Gasteiger charge is 2.15. The average Bonchev–Trinajstić information content (AvgIpc) is 2.35. The largest absolute Gasteiger partial charge is 0.478 e. The van der Waals surface area contributed by atoms with Gasteiger partial charge in [-0.15, -0.1) is 0 Å². The zero-order chi connectivity index (χ0) is 14.0. The fourth-order valence-electron chi connectivity index (χ4n) is 2.12. The van der Waals surface area contributed by atoms with Gasteiger partial charge in [0, 0.05) is 24.2 Å². The van der Waals surface area contributed by atoms with Crippen LogP contribution in [0.5, 0.6) is 0 Å². The molecule has 2 aromatic heterocycles. The van der Waals surface area contributed by atoms with Gasteiger partial charge in [-0.25, -0.2) is 4.79 Å². The summed E-state index contributed by atoms with van der Waals surface area (Å²) in [5.41, 5.74) is 1.78.